The highest BCUT2D eigenvalue weighted by Crippen LogP contribution is 2.07. The number of rotatable bonds is 7. The molecule has 3 N–H and O–H groups in total. The number of aromatic nitrogens is 2. The van der Waals surface area contributed by atoms with E-state index >= 15 is 0 Å². The first-order chi connectivity index (χ1) is 8.61. The van der Waals surface area contributed by atoms with Crippen molar-refractivity contribution in [3.05, 3.63) is 12.4 Å². The first-order valence-corrected chi connectivity index (χ1v) is 6.21. The zero-order valence-electron chi connectivity index (χ0n) is 11.2. The Morgan fingerprint density at radius 3 is 2.56 bits per heavy atom. The number of carbonyl (C=O) groups is 1. The highest BCUT2D eigenvalue weighted by atomic mass is 16.1. The molecule has 0 spiro atoms. The molecule has 0 atom stereocenters. The van der Waals surface area contributed by atoms with Gasteiger partial charge in [0, 0.05) is 31.6 Å². The maximum absolute atomic E-state index is 11.4. The lowest BCUT2D eigenvalue weighted by molar-refractivity contribution is -0.121. The van der Waals surface area contributed by atoms with E-state index in [0.29, 0.717) is 13.0 Å². The molecule has 18 heavy (non-hydrogen) atoms. The molecule has 1 amide bonds. The fraction of sp³-hybridized carbons (Fsp3) is 0.583. The third-order valence-corrected chi connectivity index (χ3v) is 2.13. The lowest BCUT2D eigenvalue weighted by Crippen LogP contribution is -2.31. The Balaban J connectivity index is 2.34. The van der Waals surface area contributed by atoms with Crippen LogP contribution in [0.5, 0.6) is 0 Å². The fourth-order valence-corrected chi connectivity index (χ4v) is 1.43. The van der Waals surface area contributed by atoms with Crippen LogP contribution in [0, 0.1) is 0 Å². The molecule has 6 nitrogen and oxygen atoms in total. The van der Waals surface area contributed by atoms with E-state index in [4.69, 9.17) is 0 Å². The summed E-state index contributed by atoms with van der Waals surface area (Å²) >= 11 is 0. The van der Waals surface area contributed by atoms with Gasteiger partial charge in [-0.05, 0) is 20.8 Å². The Hall–Kier alpha value is -1.85. The van der Waals surface area contributed by atoms with Gasteiger partial charge in [0.25, 0.3) is 0 Å². The van der Waals surface area contributed by atoms with Crippen LogP contribution in [0.15, 0.2) is 12.4 Å². The number of amides is 1. The van der Waals surface area contributed by atoms with E-state index in [-0.39, 0.29) is 11.9 Å². The summed E-state index contributed by atoms with van der Waals surface area (Å²) in [6, 6.07) is 2.00. The summed E-state index contributed by atoms with van der Waals surface area (Å²) < 4.78 is 0. The fourth-order valence-electron chi connectivity index (χ4n) is 1.43. The SMILES string of the molecule is CCNc1cc(NCCC(=O)NC(C)C)ncn1. The zero-order valence-corrected chi connectivity index (χ0v) is 11.2. The summed E-state index contributed by atoms with van der Waals surface area (Å²) in [5, 5.41) is 9.04. The van der Waals surface area contributed by atoms with Crippen LogP contribution in [0.25, 0.3) is 0 Å². The van der Waals surface area contributed by atoms with Crippen molar-refractivity contribution in [3.8, 4) is 0 Å². The highest BCUT2D eigenvalue weighted by molar-refractivity contribution is 5.76. The monoisotopic (exact) mass is 251 g/mol. The van der Waals surface area contributed by atoms with Crippen molar-refractivity contribution in [2.45, 2.75) is 33.2 Å². The van der Waals surface area contributed by atoms with Crippen molar-refractivity contribution in [1.29, 1.82) is 0 Å². The zero-order chi connectivity index (χ0) is 13.4. The molecule has 1 aromatic rings. The number of hydrogen-bond donors (Lipinski definition) is 3. The van der Waals surface area contributed by atoms with E-state index in [1.807, 2.05) is 26.8 Å². The summed E-state index contributed by atoms with van der Waals surface area (Å²) in [6.45, 7) is 7.26. The minimum Gasteiger partial charge on any atom is -0.370 e. The van der Waals surface area contributed by atoms with Gasteiger partial charge < -0.3 is 16.0 Å². The molecule has 1 aromatic heterocycles. The van der Waals surface area contributed by atoms with Crippen molar-refractivity contribution in [2.75, 3.05) is 23.7 Å². The average Bonchev–Trinajstić information content (AvgIpc) is 2.29. The van der Waals surface area contributed by atoms with Crippen molar-refractivity contribution in [1.82, 2.24) is 15.3 Å². The van der Waals surface area contributed by atoms with Crippen LogP contribution in [0.4, 0.5) is 11.6 Å². The molecular formula is C12H21N5O. The molecule has 100 valence electrons. The van der Waals surface area contributed by atoms with Gasteiger partial charge in [0.2, 0.25) is 5.91 Å². The molecule has 0 unspecified atom stereocenters. The third kappa shape index (κ3) is 5.47. The van der Waals surface area contributed by atoms with Crippen LogP contribution in [0.1, 0.15) is 27.2 Å². The third-order valence-electron chi connectivity index (χ3n) is 2.13. The summed E-state index contributed by atoms with van der Waals surface area (Å²) in [5.74, 6) is 1.54. The van der Waals surface area contributed by atoms with Crippen LogP contribution in [-0.2, 0) is 4.79 Å². The first kappa shape index (κ1) is 14.2. The summed E-state index contributed by atoms with van der Waals surface area (Å²) in [6.07, 6.45) is 1.92. The standard InChI is InChI=1S/C12H21N5O/c1-4-13-10-7-11(16-8-15-10)14-6-5-12(18)17-9(2)3/h7-9H,4-6H2,1-3H3,(H,17,18)(H2,13,14,15,16). The second-order valence-electron chi connectivity index (χ2n) is 4.22. The lowest BCUT2D eigenvalue weighted by atomic mass is 10.3. The molecule has 6 heteroatoms. The van der Waals surface area contributed by atoms with E-state index in [1.54, 1.807) is 0 Å². The lowest BCUT2D eigenvalue weighted by Gasteiger charge is -2.09. The van der Waals surface area contributed by atoms with Crippen LogP contribution < -0.4 is 16.0 Å². The number of hydrogen-bond acceptors (Lipinski definition) is 5. The molecule has 0 radical (unpaired) electrons. The van der Waals surface area contributed by atoms with E-state index < -0.39 is 0 Å². The smallest absolute Gasteiger partial charge is 0.221 e. The van der Waals surface area contributed by atoms with Gasteiger partial charge in [0.05, 0.1) is 0 Å². The van der Waals surface area contributed by atoms with Gasteiger partial charge in [-0.15, -0.1) is 0 Å². The van der Waals surface area contributed by atoms with Crippen molar-refractivity contribution < 1.29 is 4.79 Å². The second kappa shape index (κ2) is 7.47. The molecule has 1 heterocycles. The van der Waals surface area contributed by atoms with Crippen molar-refractivity contribution >= 4 is 17.5 Å². The minimum absolute atomic E-state index is 0.0402. The first-order valence-electron chi connectivity index (χ1n) is 6.21. The summed E-state index contributed by atoms with van der Waals surface area (Å²) in [5.41, 5.74) is 0. The maximum atomic E-state index is 11.4. The summed E-state index contributed by atoms with van der Waals surface area (Å²) in [4.78, 5) is 19.6. The molecule has 1 rings (SSSR count). The molecule has 0 bridgehead atoms. The molecule has 0 aromatic carbocycles. The molecule has 0 saturated heterocycles. The van der Waals surface area contributed by atoms with Gasteiger partial charge in [0.1, 0.15) is 18.0 Å². The van der Waals surface area contributed by atoms with Crippen molar-refractivity contribution in [2.24, 2.45) is 0 Å². The number of nitrogens with one attached hydrogen (secondary N) is 3. The minimum atomic E-state index is 0.0402. The number of nitrogens with zero attached hydrogens (tertiary/aromatic N) is 2. The van der Waals surface area contributed by atoms with Crippen LogP contribution >= 0.6 is 0 Å². The van der Waals surface area contributed by atoms with Gasteiger partial charge in [-0.25, -0.2) is 9.97 Å². The van der Waals surface area contributed by atoms with Crippen molar-refractivity contribution in [3.63, 3.8) is 0 Å². The largest absolute Gasteiger partial charge is 0.370 e. The van der Waals surface area contributed by atoms with E-state index in [1.165, 1.54) is 6.33 Å². The maximum Gasteiger partial charge on any atom is 0.221 e. The molecule has 0 aliphatic rings. The van der Waals surface area contributed by atoms with E-state index in [9.17, 15) is 4.79 Å². The topological polar surface area (TPSA) is 78.9 Å². The Labute approximate surface area is 108 Å². The normalized spacial score (nSPS) is 10.2. The molecule has 0 fully saturated rings. The van der Waals surface area contributed by atoms with Crippen LogP contribution in [0.3, 0.4) is 0 Å². The molecular weight excluding hydrogens is 230 g/mol. The Morgan fingerprint density at radius 2 is 1.94 bits per heavy atom. The quantitative estimate of drug-likeness (QED) is 0.679. The number of anilines is 2. The van der Waals surface area contributed by atoms with Crippen LogP contribution in [0.2, 0.25) is 0 Å². The van der Waals surface area contributed by atoms with Crippen LogP contribution in [-0.4, -0.2) is 35.0 Å². The molecule has 0 aliphatic heterocycles. The van der Waals surface area contributed by atoms with Gasteiger partial charge in [-0.2, -0.15) is 0 Å². The number of carbonyl (C=O) groups excluding carboxylic acids is 1. The Kier molecular flexibility index (Phi) is 5.90. The highest BCUT2D eigenvalue weighted by Gasteiger charge is 2.03. The molecule has 0 aliphatic carbocycles. The van der Waals surface area contributed by atoms with Gasteiger partial charge >= 0.3 is 0 Å². The predicted molar refractivity (Wildman–Crippen MR) is 72.6 cm³/mol. The molecule has 0 saturated carbocycles. The average molecular weight is 251 g/mol. The van der Waals surface area contributed by atoms with Gasteiger partial charge in [0.15, 0.2) is 0 Å². The Bertz CT molecular complexity index is 380. The Morgan fingerprint density at radius 1 is 1.28 bits per heavy atom. The summed E-state index contributed by atoms with van der Waals surface area (Å²) in [7, 11) is 0. The van der Waals surface area contributed by atoms with E-state index in [0.717, 1.165) is 18.2 Å². The second-order valence-corrected chi connectivity index (χ2v) is 4.22. The predicted octanol–water partition coefficient (Wildman–Crippen LogP) is 1.23. The van der Waals surface area contributed by atoms with Gasteiger partial charge in [-0.3, -0.25) is 4.79 Å². The van der Waals surface area contributed by atoms with Gasteiger partial charge in [-0.1, -0.05) is 0 Å². The van der Waals surface area contributed by atoms with E-state index in [2.05, 4.69) is 25.9 Å².